The first-order chi connectivity index (χ1) is 8.65. The Morgan fingerprint density at radius 2 is 2.44 bits per heavy atom. The van der Waals surface area contributed by atoms with Gasteiger partial charge in [-0.2, -0.15) is 0 Å². The van der Waals surface area contributed by atoms with Gasteiger partial charge in [-0.25, -0.2) is 0 Å². The summed E-state index contributed by atoms with van der Waals surface area (Å²) in [5.74, 6) is -0.213. The number of hydrogen-bond acceptors (Lipinski definition) is 3. The molecule has 1 fully saturated rings. The number of likely N-dealkylation sites (tertiary alicyclic amines) is 1. The lowest BCUT2D eigenvalue weighted by Gasteiger charge is -2.33. The number of methoxy groups -OCH3 is 1. The molecule has 0 saturated carbocycles. The summed E-state index contributed by atoms with van der Waals surface area (Å²) < 4.78 is 5.69. The molecule has 0 aromatic heterocycles. The lowest BCUT2D eigenvalue weighted by Crippen LogP contribution is -2.45. The third kappa shape index (κ3) is 2.78. The summed E-state index contributed by atoms with van der Waals surface area (Å²) in [5.41, 5.74) is 6.70. The van der Waals surface area contributed by atoms with Crippen LogP contribution in [0.3, 0.4) is 0 Å². The van der Waals surface area contributed by atoms with E-state index in [1.165, 1.54) is 5.57 Å². The lowest BCUT2D eigenvalue weighted by molar-refractivity contribution is -0.122. The van der Waals surface area contributed by atoms with Crippen LogP contribution in [0, 0.1) is 0 Å². The van der Waals surface area contributed by atoms with Crippen molar-refractivity contribution in [3.63, 3.8) is 0 Å². The second kappa shape index (κ2) is 6.16. The minimum atomic E-state index is -0.213. The zero-order valence-electron chi connectivity index (χ0n) is 10.5. The normalized spacial score (nSPS) is 30.2. The van der Waals surface area contributed by atoms with Crippen LogP contribution in [0.5, 0.6) is 0 Å². The van der Waals surface area contributed by atoms with Crippen LogP contribution >= 0.6 is 22.6 Å². The van der Waals surface area contributed by atoms with Gasteiger partial charge in [0.15, 0.2) is 0 Å². The van der Waals surface area contributed by atoms with Gasteiger partial charge in [0, 0.05) is 13.7 Å². The summed E-state index contributed by atoms with van der Waals surface area (Å²) in [7, 11) is 1.73. The van der Waals surface area contributed by atoms with E-state index in [0.717, 1.165) is 25.8 Å². The Morgan fingerprint density at radius 3 is 3.11 bits per heavy atom. The SMILES string of the molecule is COC1CC=CC=C1C(I)N1CCCC1C(N)=O. The topological polar surface area (TPSA) is 55.6 Å². The molecule has 0 aromatic carbocycles. The third-order valence-electron chi connectivity index (χ3n) is 3.62. The first-order valence-electron chi connectivity index (χ1n) is 6.23. The quantitative estimate of drug-likeness (QED) is 0.470. The molecule has 1 aliphatic heterocycles. The van der Waals surface area contributed by atoms with Crippen LogP contribution in [0.4, 0.5) is 0 Å². The molecule has 2 rings (SSSR count). The van der Waals surface area contributed by atoms with Crippen molar-refractivity contribution in [2.75, 3.05) is 13.7 Å². The van der Waals surface area contributed by atoms with Gasteiger partial charge in [0.25, 0.3) is 0 Å². The standard InChI is InChI=1S/C13H19IN2O2/c1-18-11-7-3-2-5-9(11)12(14)16-8-4-6-10(16)13(15)17/h2-3,5,10-12H,4,6-8H2,1H3,(H2,15,17). The van der Waals surface area contributed by atoms with Crippen LogP contribution in [0.2, 0.25) is 0 Å². The van der Waals surface area contributed by atoms with Crippen LogP contribution in [-0.2, 0) is 9.53 Å². The van der Waals surface area contributed by atoms with Crippen LogP contribution in [0.15, 0.2) is 23.8 Å². The molecule has 100 valence electrons. The van der Waals surface area contributed by atoms with Crippen molar-refractivity contribution in [3.8, 4) is 0 Å². The molecule has 3 unspecified atom stereocenters. The highest BCUT2D eigenvalue weighted by Crippen LogP contribution is 2.32. The van der Waals surface area contributed by atoms with Crippen molar-refractivity contribution in [1.82, 2.24) is 4.90 Å². The number of hydrogen-bond donors (Lipinski definition) is 1. The van der Waals surface area contributed by atoms with E-state index in [1.54, 1.807) is 7.11 Å². The van der Waals surface area contributed by atoms with Gasteiger partial charge in [0.1, 0.15) is 0 Å². The van der Waals surface area contributed by atoms with Gasteiger partial charge in [-0.3, -0.25) is 9.69 Å². The molecule has 2 aliphatic rings. The summed E-state index contributed by atoms with van der Waals surface area (Å²) in [6, 6.07) is -0.129. The second-order valence-electron chi connectivity index (χ2n) is 4.69. The van der Waals surface area contributed by atoms with Gasteiger partial charge in [0.05, 0.1) is 16.2 Å². The maximum atomic E-state index is 11.5. The molecule has 0 bridgehead atoms. The maximum absolute atomic E-state index is 11.5. The molecular formula is C13H19IN2O2. The smallest absolute Gasteiger partial charge is 0.234 e. The van der Waals surface area contributed by atoms with Crippen molar-refractivity contribution in [2.24, 2.45) is 5.73 Å². The molecule has 0 spiro atoms. The maximum Gasteiger partial charge on any atom is 0.234 e. The fraction of sp³-hybridized carbons (Fsp3) is 0.615. The Morgan fingerprint density at radius 1 is 1.67 bits per heavy atom. The molecule has 1 aliphatic carbocycles. The van der Waals surface area contributed by atoms with E-state index < -0.39 is 0 Å². The lowest BCUT2D eigenvalue weighted by atomic mass is 10.0. The van der Waals surface area contributed by atoms with E-state index in [0.29, 0.717) is 0 Å². The van der Waals surface area contributed by atoms with E-state index in [-0.39, 0.29) is 22.1 Å². The molecular weight excluding hydrogens is 343 g/mol. The number of nitrogens with two attached hydrogens (primary N) is 1. The van der Waals surface area contributed by atoms with Gasteiger partial charge in [-0.1, -0.05) is 40.8 Å². The average molecular weight is 362 g/mol. The number of allylic oxidation sites excluding steroid dienone is 2. The molecule has 5 heteroatoms. The number of primary amides is 1. The predicted octanol–water partition coefficient (Wildman–Crippen LogP) is 1.60. The van der Waals surface area contributed by atoms with Crippen molar-refractivity contribution in [2.45, 2.75) is 35.5 Å². The number of amides is 1. The summed E-state index contributed by atoms with van der Waals surface area (Å²) in [6.07, 6.45) is 9.19. The van der Waals surface area contributed by atoms with E-state index in [2.05, 4.69) is 45.7 Å². The molecule has 1 saturated heterocycles. The summed E-state index contributed by atoms with van der Waals surface area (Å²) in [4.78, 5) is 13.7. The summed E-state index contributed by atoms with van der Waals surface area (Å²) in [5, 5.41) is 0. The molecule has 2 N–H and O–H groups in total. The Hall–Kier alpha value is -0.400. The monoisotopic (exact) mass is 362 g/mol. The second-order valence-corrected chi connectivity index (χ2v) is 5.87. The van der Waals surface area contributed by atoms with Crippen molar-refractivity contribution >= 4 is 28.5 Å². The first-order valence-corrected chi connectivity index (χ1v) is 7.48. The van der Waals surface area contributed by atoms with E-state index in [9.17, 15) is 4.79 Å². The van der Waals surface area contributed by atoms with Crippen LogP contribution in [-0.4, -0.2) is 40.7 Å². The van der Waals surface area contributed by atoms with E-state index in [1.807, 2.05) is 0 Å². The van der Waals surface area contributed by atoms with Gasteiger partial charge in [-0.05, 0) is 24.8 Å². The fourth-order valence-electron chi connectivity index (χ4n) is 2.65. The van der Waals surface area contributed by atoms with Crippen LogP contribution in [0.25, 0.3) is 0 Å². The van der Waals surface area contributed by atoms with Crippen molar-refractivity contribution < 1.29 is 9.53 Å². The molecule has 18 heavy (non-hydrogen) atoms. The fourth-order valence-corrected chi connectivity index (χ4v) is 3.92. The minimum Gasteiger partial charge on any atom is -0.377 e. The highest BCUT2D eigenvalue weighted by atomic mass is 127. The largest absolute Gasteiger partial charge is 0.377 e. The molecule has 1 heterocycles. The first kappa shape index (κ1) is 14.0. The molecule has 0 aromatic rings. The average Bonchev–Trinajstić information content (AvgIpc) is 2.87. The van der Waals surface area contributed by atoms with Gasteiger partial charge >= 0.3 is 0 Å². The van der Waals surface area contributed by atoms with E-state index in [4.69, 9.17) is 10.5 Å². The number of nitrogens with zero attached hydrogens (tertiary/aromatic N) is 1. The van der Waals surface area contributed by atoms with Gasteiger partial charge in [0.2, 0.25) is 5.91 Å². The Bertz CT molecular complexity index is 381. The zero-order chi connectivity index (χ0) is 13.1. The van der Waals surface area contributed by atoms with Gasteiger partial charge < -0.3 is 10.5 Å². The van der Waals surface area contributed by atoms with Crippen molar-refractivity contribution in [1.29, 1.82) is 0 Å². The van der Waals surface area contributed by atoms with Gasteiger partial charge in [-0.15, -0.1) is 0 Å². The molecule has 3 atom stereocenters. The number of carbonyl (C=O) groups is 1. The molecule has 0 radical (unpaired) electrons. The summed E-state index contributed by atoms with van der Waals surface area (Å²) in [6.45, 7) is 0.929. The Labute approximate surface area is 121 Å². The minimum absolute atomic E-state index is 0.117. The number of carbonyl (C=O) groups excluding carboxylic acids is 1. The highest BCUT2D eigenvalue weighted by Gasteiger charge is 2.36. The Kier molecular flexibility index (Phi) is 4.80. The molecule has 1 amide bonds. The van der Waals surface area contributed by atoms with E-state index >= 15 is 0 Å². The number of rotatable bonds is 4. The highest BCUT2D eigenvalue weighted by molar-refractivity contribution is 14.1. The van der Waals surface area contributed by atoms with Crippen LogP contribution in [0.1, 0.15) is 19.3 Å². The summed E-state index contributed by atoms with van der Waals surface area (Å²) >= 11 is 2.39. The number of halogens is 1. The van der Waals surface area contributed by atoms with Crippen molar-refractivity contribution in [3.05, 3.63) is 23.8 Å². The third-order valence-corrected chi connectivity index (χ3v) is 5.05. The predicted molar refractivity (Wildman–Crippen MR) is 79.4 cm³/mol. The number of alkyl halides is 1. The number of ether oxygens (including phenoxy) is 1. The zero-order valence-corrected chi connectivity index (χ0v) is 12.7. The van der Waals surface area contributed by atoms with Crippen LogP contribution < -0.4 is 5.73 Å². The molecule has 4 nitrogen and oxygen atoms in total. The Balaban J connectivity index is 2.14.